The summed E-state index contributed by atoms with van der Waals surface area (Å²) >= 11 is 1.48. The topological polar surface area (TPSA) is 72.0 Å². The van der Waals surface area contributed by atoms with Gasteiger partial charge in [0, 0.05) is 12.0 Å². The highest BCUT2D eigenvalue weighted by molar-refractivity contribution is 7.17. The van der Waals surface area contributed by atoms with Crippen molar-refractivity contribution in [3.63, 3.8) is 0 Å². The van der Waals surface area contributed by atoms with Gasteiger partial charge in [0.15, 0.2) is 0 Å². The fraction of sp³-hybridized carbons (Fsp3) is 0.455. The van der Waals surface area contributed by atoms with Gasteiger partial charge in [0.2, 0.25) is 0 Å². The van der Waals surface area contributed by atoms with E-state index < -0.39 is 5.97 Å². The molecule has 1 aliphatic heterocycles. The number of aryl methyl sites for hydroxylation is 2. The van der Waals surface area contributed by atoms with E-state index in [4.69, 9.17) is 4.74 Å². The van der Waals surface area contributed by atoms with Gasteiger partial charge in [-0.1, -0.05) is 17.7 Å². The molecule has 0 bridgehead atoms. The normalized spacial score (nSPS) is 17.0. The lowest BCUT2D eigenvalue weighted by molar-refractivity contribution is -0.789. The van der Waals surface area contributed by atoms with Crippen LogP contribution in [0.2, 0.25) is 0 Å². The Morgan fingerprint density at radius 3 is 2.46 bits per heavy atom. The van der Waals surface area contributed by atoms with Gasteiger partial charge in [-0.2, -0.15) is 0 Å². The molecule has 6 heteroatoms. The molecule has 0 fully saturated rings. The van der Waals surface area contributed by atoms with Gasteiger partial charge < -0.3 is 15.4 Å². The highest BCUT2D eigenvalue weighted by Crippen LogP contribution is 2.42. The number of esters is 1. The number of amides is 1. The first-order valence-corrected chi connectivity index (χ1v) is 10.3. The van der Waals surface area contributed by atoms with Crippen molar-refractivity contribution in [2.75, 3.05) is 12.4 Å². The molecule has 3 N–H and O–H groups in total. The summed E-state index contributed by atoms with van der Waals surface area (Å²) in [6.45, 7) is 12.6. The van der Waals surface area contributed by atoms with Crippen molar-refractivity contribution < 1.29 is 19.6 Å². The van der Waals surface area contributed by atoms with Crippen LogP contribution in [0, 0.1) is 13.8 Å². The molecule has 3 rings (SSSR count). The number of ether oxygens (including phenoxy) is 1. The highest BCUT2D eigenvalue weighted by atomic mass is 32.1. The standard InChI is InChI=1S/C22H28N2O3S/c1-12-8-9-14(13(2)10-12)18(25)23-19-16(20(26)27-7)15-11-21(3,4)24-22(5,6)17(15)28-19/h8-10,24H,11H2,1-7H3,(H,23,25)/p+1. The van der Waals surface area contributed by atoms with Gasteiger partial charge in [-0.05, 0) is 58.7 Å². The zero-order valence-corrected chi connectivity index (χ0v) is 18.5. The molecular weight excluding hydrogens is 372 g/mol. The van der Waals surface area contributed by atoms with Crippen LogP contribution in [0.4, 0.5) is 5.00 Å². The number of methoxy groups -OCH3 is 1. The van der Waals surface area contributed by atoms with Crippen molar-refractivity contribution in [2.45, 2.75) is 59.0 Å². The molecule has 150 valence electrons. The van der Waals surface area contributed by atoms with Crippen molar-refractivity contribution >= 4 is 28.2 Å². The van der Waals surface area contributed by atoms with E-state index in [0.29, 0.717) is 16.1 Å². The van der Waals surface area contributed by atoms with E-state index in [0.717, 1.165) is 28.0 Å². The number of hydrogen-bond acceptors (Lipinski definition) is 4. The van der Waals surface area contributed by atoms with E-state index in [1.54, 1.807) is 0 Å². The second kappa shape index (κ2) is 7.01. The molecule has 28 heavy (non-hydrogen) atoms. The Kier molecular flexibility index (Phi) is 5.15. The fourth-order valence-electron chi connectivity index (χ4n) is 4.35. The van der Waals surface area contributed by atoms with Crippen LogP contribution in [0.25, 0.3) is 0 Å². The van der Waals surface area contributed by atoms with E-state index in [2.05, 4.69) is 38.3 Å². The maximum atomic E-state index is 12.9. The Morgan fingerprint density at radius 1 is 1.18 bits per heavy atom. The molecular formula is C22H29N2O3S+. The van der Waals surface area contributed by atoms with Crippen LogP contribution in [0.3, 0.4) is 0 Å². The second-order valence-corrected chi connectivity index (χ2v) is 9.93. The molecule has 1 aliphatic rings. The first-order chi connectivity index (χ1) is 12.9. The molecule has 0 spiro atoms. The van der Waals surface area contributed by atoms with Crippen LogP contribution in [0.15, 0.2) is 18.2 Å². The van der Waals surface area contributed by atoms with E-state index in [1.165, 1.54) is 18.4 Å². The number of carbonyl (C=O) groups is 2. The molecule has 1 aromatic carbocycles. The summed E-state index contributed by atoms with van der Waals surface area (Å²) in [7, 11) is 1.38. The molecule has 0 radical (unpaired) electrons. The van der Waals surface area contributed by atoms with E-state index in [-0.39, 0.29) is 17.0 Å². The first kappa shape index (κ1) is 20.6. The average Bonchev–Trinajstić information content (AvgIpc) is 2.90. The molecule has 0 unspecified atom stereocenters. The molecule has 5 nitrogen and oxygen atoms in total. The quantitative estimate of drug-likeness (QED) is 0.773. The number of benzene rings is 1. The predicted octanol–water partition coefficient (Wildman–Crippen LogP) is 3.54. The maximum Gasteiger partial charge on any atom is 0.341 e. The Balaban J connectivity index is 2.08. The first-order valence-electron chi connectivity index (χ1n) is 9.45. The SMILES string of the molecule is COC(=O)c1c(NC(=O)c2ccc(C)cc2C)sc2c1CC(C)(C)[NH2+]C2(C)C. The number of thiophene rings is 1. The second-order valence-electron chi connectivity index (χ2n) is 8.91. The lowest BCUT2D eigenvalue weighted by Crippen LogP contribution is -3.03. The van der Waals surface area contributed by atoms with Gasteiger partial charge in [-0.15, -0.1) is 11.3 Å². The van der Waals surface area contributed by atoms with Crippen molar-refractivity contribution in [3.05, 3.63) is 50.9 Å². The molecule has 1 aromatic heterocycles. The molecule has 0 aliphatic carbocycles. The molecule has 2 heterocycles. The van der Waals surface area contributed by atoms with Crippen LogP contribution < -0.4 is 10.6 Å². The number of fused-ring (bicyclic) bond motifs is 1. The van der Waals surface area contributed by atoms with Gasteiger partial charge in [0.25, 0.3) is 5.91 Å². The van der Waals surface area contributed by atoms with Crippen LogP contribution in [-0.2, 0) is 16.7 Å². The van der Waals surface area contributed by atoms with Gasteiger partial charge >= 0.3 is 5.97 Å². The maximum absolute atomic E-state index is 12.9. The molecule has 0 saturated heterocycles. The minimum atomic E-state index is -0.401. The van der Waals surface area contributed by atoms with Crippen molar-refractivity contribution in [1.82, 2.24) is 0 Å². The third-order valence-electron chi connectivity index (χ3n) is 5.22. The van der Waals surface area contributed by atoms with E-state index in [1.807, 2.05) is 32.0 Å². The minimum absolute atomic E-state index is 0.0465. The van der Waals surface area contributed by atoms with Gasteiger partial charge in [-0.25, -0.2) is 4.79 Å². The van der Waals surface area contributed by atoms with Gasteiger partial charge in [0.05, 0.1) is 23.1 Å². The number of quaternary nitrogens is 1. The number of rotatable bonds is 3. The summed E-state index contributed by atoms with van der Waals surface area (Å²) in [4.78, 5) is 26.7. The third kappa shape index (κ3) is 3.71. The number of hydrogen-bond donors (Lipinski definition) is 2. The molecule has 0 saturated carbocycles. The lowest BCUT2D eigenvalue weighted by atomic mass is 9.81. The number of anilines is 1. The van der Waals surface area contributed by atoms with Crippen molar-refractivity contribution in [3.8, 4) is 0 Å². The Labute approximate surface area is 170 Å². The smallest absolute Gasteiger partial charge is 0.341 e. The molecule has 1 amide bonds. The summed E-state index contributed by atoms with van der Waals surface area (Å²) in [5, 5.41) is 5.89. The number of nitrogens with two attached hydrogens (primary N) is 1. The van der Waals surface area contributed by atoms with Crippen LogP contribution >= 0.6 is 11.3 Å². The van der Waals surface area contributed by atoms with Gasteiger partial charge in [-0.3, -0.25) is 4.79 Å². The predicted molar refractivity (Wildman–Crippen MR) is 112 cm³/mol. The monoisotopic (exact) mass is 401 g/mol. The third-order valence-corrected chi connectivity index (χ3v) is 6.71. The minimum Gasteiger partial charge on any atom is -0.465 e. The zero-order chi connectivity index (χ0) is 20.9. The Morgan fingerprint density at radius 2 is 1.86 bits per heavy atom. The summed E-state index contributed by atoms with van der Waals surface area (Å²) in [6.07, 6.45) is 0.742. The van der Waals surface area contributed by atoms with E-state index >= 15 is 0 Å². The largest absolute Gasteiger partial charge is 0.465 e. The highest BCUT2D eigenvalue weighted by Gasteiger charge is 2.45. The van der Waals surface area contributed by atoms with Crippen LogP contribution in [-0.4, -0.2) is 24.5 Å². The van der Waals surface area contributed by atoms with E-state index in [9.17, 15) is 9.59 Å². The average molecular weight is 402 g/mol. The van der Waals surface area contributed by atoms with Gasteiger partial charge in [0.1, 0.15) is 10.5 Å². The number of nitrogens with one attached hydrogen (secondary N) is 1. The molecule has 2 aromatic rings. The fourth-order valence-corrected chi connectivity index (χ4v) is 5.62. The summed E-state index contributed by atoms with van der Waals surface area (Å²) in [5.74, 6) is -0.607. The Hall–Kier alpha value is -2.18. The summed E-state index contributed by atoms with van der Waals surface area (Å²) < 4.78 is 5.07. The Bertz CT molecular complexity index is 957. The molecule has 0 atom stereocenters. The van der Waals surface area contributed by atoms with Crippen LogP contribution in [0.5, 0.6) is 0 Å². The zero-order valence-electron chi connectivity index (χ0n) is 17.6. The van der Waals surface area contributed by atoms with Crippen molar-refractivity contribution in [2.24, 2.45) is 0 Å². The summed E-state index contributed by atoms with van der Waals surface area (Å²) in [5.41, 5.74) is 3.88. The lowest BCUT2D eigenvalue weighted by Gasteiger charge is -2.38. The summed E-state index contributed by atoms with van der Waals surface area (Å²) in [6, 6.07) is 5.73. The van der Waals surface area contributed by atoms with Crippen LogP contribution in [0.1, 0.15) is 70.0 Å². The number of carbonyl (C=O) groups excluding carboxylic acids is 2. The van der Waals surface area contributed by atoms with Crippen molar-refractivity contribution in [1.29, 1.82) is 0 Å².